The summed E-state index contributed by atoms with van der Waals surface area (Å²) in [5, 5.41) is 10.6. The number of likely N-dealkylation sites (tertiary alicyclic amines) is 1. The Hall–Kier alpha value is -3.62. The van der Waals surface area contributed by atoms with Crippen LogP contribution in [0.3, 0.4) is 0 Å². The van der Waals surface area contributed by atoms with Gasteiger partial charge in [0.1, 0.15) is 18.8 Å². The zero-order valence-corrected chi connectivity index (χ0v) is 25.6. The van der Waals surface area contributed by atoms with Gasteiger partial charge < -0.3 is 24.2 Å². The number of aromatic nitrogens is 1. The van der Waals surface area contributed by atoms with Crippen LogP contribution in [0.1, 0.15) is 75.3 Å². The highest BCUT2D eigenvalue weighted by atomic mass is 19.4. The molecule has 2 aliphatic rings. The minimum atomic E-state index is -4.61. The minimum absolute atomic E-state index is 0.0627. The topological polar surface area (TPSA) is 98.2 Å². The monoisotopic (exact) mass is 616 g/mol. The number of amides is 1. The van der Waals surface area contributed by atoms with Crippen molar-refractivity contribution >= 4 is 11.9 Å². The van der Waals surface area contributed by atoms with Crippen molar-refractivity contribution in [3.63, 3.8) is 0 Å². The molecule has 2 aromatic rings. The van der Waals surface area contributed by atoms with E-state index in [1.54, 1.807) is 0 Å². The summed E-state index contributed by atoms with van der Waals surface area (Å²) in [6.45, 7) is 7.88. The highest BCUT2D eigenvalue weighted by Crippen LogP contribution is 2.50. The van der Waals surface area contributed by atoms with E-state index in [9.17, 15) is 27.9 Å². The first-order valence-electron chi connectivity index (χ1n) is 14.8. The summed E-state index contributed by atoms with van der Waals surface area (Å²) in [5.74, 6) is 3.18. The number of nitrogens with zero attached hydrogens (tertiary/aromatic N) is 2. The number of aryl methyl sites for hydroxylation is 1. The number of methoxy groups -OCH3 is 1. The lowest BCUT2D eigenvalue weighted by molar-refractivity contribution is -0.159. The van der Waals surface area contributed by atoms with E-state index in [-0.39, 0.29) is 24.0 Å². The highest BCUT2D eigenvalue weighted by molar-refractivity contribution is 5.88. The summed E-state index contributed by atoms with van der Waals surface area (Å²) >= 11 is 0. The molecule has 8 nitrogen and oxygen atoms in total. The van der Waals surface area contributed by atoms with Gasteiger partial charge in [-0.15, -0.1) is 0 Å². The molecule has 0 spiro atoms. The van der Waals surface area contributed by atoms with Crippen LogP contribution in [-0.2, 0) is 31.7 Å². The van der Waals surface area contributed by atoms with Crippen LogP contribution in [0.4, 0.5) is 13.2 Å². The molecular formula is C33H39F3N2O6. The van der Waals surface area contributed by atoms with Crippen molar-refractivity contribution in [2.75, 3.05) is 20.3 Å². The third-order valence-corrected chi connectivity index (χ3v) is 8.26. The van der Waals surface area contributed by atoms with E-state index >= 15 is 0 Å². The smallest absolute Gasteiger partial charge is 0.417 e. The quantitative estimate of drug-likeness (QED) is 0.400. The molecule has 4 rings (SSSR count). The largest absolute Gasteiger partial charge is 0.480 e. The molecule has 0 saturated carbocycles. The molecule has 2 saturated heterocycles. The summed E-state index contributed by atoms with van der Waals surface area (Å²) in [6.07, 6.45) is -2.74. The Morgan fingerprint density at radius 2 is 1.91 bits per heavy atom. The lowest BCUT2D eigenvalue weighted by Crippen LogP contribution is -2.51. The molecule has 2 aliphatic heterocycles. The molecular weight excluding hydrogens is 577 g/mol. The number of carboxylic acid groups (broad SMARTS) is 1. The first-order valence-corrected chi connectivity index (χ1v) is 14.8. The van der Waals surface area contributed by atoms with Crippen LogP contribution in [-0.4, -0.2) is 65.4 Å². The van der Waals surface area contributed by atoms with E-state index in [2.05, 4.69) is 16.8 Å². The van der Waals surface area contributed by atoms with Crippen molar-refractivity contribution in [2.24, 2.45) is 11.3 Å². The number of halogens is 3. The lowest BCUT2D eigenvalue weighted by atomic mass is 9.73. The van der Waals surface area contributed by atoms with E-state index in [0.717, 1.165) is 30.0 Å². The Morgan fingerprint density at radius 1 is 1.18 bits per heavy atom. The zero-order chi connectivity index (χ0) is 32.2. The Bertz CT molecular complexity index is 1400. The molecule has 3 heterocycles. The number of pyridine rings is 1. The number of rotatable bonds is 7. The number of carbonyl (C=O) groups is 2. The third-order valence-electron chi connectivity index (χ3n) is 8.26. The highest BCUT2D eigenvalue weighted by Gasteiger charge is 2.59. The van der Waals surface area contributed by atoms with Gasteiger partial charge in [-0.25, -0.2) is 9.78 Å². The number of carboxylic acids is 1. The predicted octanol–water partition coefficient (Wildman–Crippen LogP) is 5.68. The average Bonchev–Trinajstić information content (AvgIpc) is 3.34. The van der Waals surface area contributed by atoms with Gasteiger partial charge >= 0.3 is 12.1 Å². The van der Waals surface area contributed by atoms with Crippen LogP contribution >= 0.6 is 0 Å². The fraction of sp³-hybridized carbons (Fsp3) is 0.545. The molecule has 1 aromatic carbocycles. The molecule has 0 bridgehead atoms. The van der Waals surface area contributed by atoms with E-state index in [1.165, 1.54) is 12.0 Å². The fourth-order valence-corrected chi connectivity index (χ4v) is 6.29. The van der Waals surface area contributed by atoms with Gasteiger partial charge in [0.25, 0.3) is 5.91 Å². The van der Waals surface area contributed by atoms with Gasteiger partial charge in [-0.2, -0.15) is 13.2 Å². The van der Waals surface area contributed by atoms with Gasteiger partial charge in [-0.05, 0) is 48.3 Å². The maximum atomic E-state index is 14.2. The number of hydrogen-bond acceptors (Lipinski definition) is 6. The molecule has 0 radical (unpaired) electrons. The summed E-state index contributed by atoms with van der Waals surface area (Å²) in [7, 11) is 1.28. The number of benzene rings is 1. The normalized spacial score (nSPS) is 24.0. The van der Waals surface area contributed by atoms with Crippen LogP contribution in [0.25, 0.3) is 0 Å². The predicted molar refractivity (Wildman–Crippen MR) is 156 cm³/mol. The maximum Gasteiger partial charge on any atom is 0.417 e. The summed E-state index contributed by atoms with van der Waals surface area (Å²) < 4.78 is 57.3. The standard InChI is InChI=1S/C33H39F3N2O6/c1-6-20-12-7-8-14-23(20)26-28(44-17-11-13-21-18-22(33(34,35)36)19-37-29(21)42-5)25(32(2,3)4)27(31(40)41)38(26)30(39)24-15-9-10-16-43-24/h7-8,12,14,18-19,24-28H,6,9-10,15-17H2,1-5H3,(H,40,41)/t24-,25+,26-,27-,28-/m0/s1. The van der Waals surface area contributed by atoms with Gasteiger partial charge in [0.05, 0.1) is 30.4 Å². The van der Waals surface area contributed by atoms with Crippen molar-refractivity contribution < 1.29 is 42.1 Å². The summed E-state index contributed by atoms with van der Waals surface area (Å²) in [4.78, 5) is 32.3. The number of ether oxygens (including phenoxy) is 3. The molecule has 0 unspecified atom stereocenters. The Kier molecular flexibility index (Phi) is 10.3. The van der Waals surface area contributed by atoms with Crippen molar-refractivity contribution in [3.8, 4) is 17.7 Å². The van der Waals surface area contributed by atoms with Gasteiger partial charge in [0, 0.05) is 18.7 Å². The second-order valence-electron chi connectivity index (χ2n) is 12.1. The van der Waals surface area contributed by atoms with Crippen LogP contribution in [0.5, 0.6) is 5.88 Å². The Balaban J connectivity index is 1.78. The van der Waals surface area contributed by atoms with Crippen LogP contribution in [0.2, 0.25) is 0 Å². The Labute approximate surface area is 255 Å². The fourth-order valence-electron chi connectivity index (χ4n) is 6.29. The Morgan fingerprint density at radius 3 is 2.50 bits per heavy atom. The number of aliphatic carboxylic acids is 1. The summed E-state index contributed by atoms with van der Waals surface area (Å²) in [5.41, 5.74) is 0.0628. The van der Waals surface area contributed by atoms with Crippen molar-refractivity contribution in [3.05, 3.63) is 58.8 Å². The molecule has 5 atom stereocenters. The van der Waals surface area contributed by atoms with Gasteiger partial charge in [-0.3, -0.25) is 4.79 Å². The zero-order valence-electron chi connectivity index (χ0n) is 25.6. The molecule has 2 fully saturated rings. The first kappa shape index (κ1) is 33.3. The van der Waals surface area contributed by atoms with Crippen LogP contribution < -0.4 is 4.74 Å². The van der Waals surface area contributed by atoms with E-state index in [4.69, 9.17) is 14.2 Å². The van der Waals surface area contributed by atoms with Gasteiger partial charge in [-0.1, -0.05) is 63.8 Å². The van der Waals surface area contributed by atoms with Crippen molar-refractivity contribution in [2.45, 2.75) is 83.8 Å². The molecule has 1 amide bonds. The molecule has 44 heavy (non-hydrogen) atoms. The van der Waals surface area contributed by atoms with E-state index < -0.39 is 53.3 Å². The summed E-state index contributed by atoms with van der Waals surface area (Å²) in [6, 6.07) is 6.45. The third kappa shape index (κ3) is 7.02. The molecule has 1 aromatic heterocycles. The second kappa shape index (κ2) is 13.6. The molecule has 0 aliphatic carbocycles. The minimum Gasteiger partial charge on any atom is -0.480 e. The second-order valence-corrected chi connectivity index (χ2v) is 12.1. The molecule has 238 valence electrons. The number of alkyl halides is 3. The molecule has 1 N–H and O–H groups in total. The lowest BCUT2D eigenvalue weighted by Gasteiger charge is -2.35. The maximum absolute atomic E-state index is 14.2. The molecule has 11 heteroatoms. The van der Waals surface area contributed by atoms with Gasteiger partial charge in [0.15, 0.2) is 0 Å². The number of carbonyl (C=O) groups excluding carboxylic acids is 1. The average molecular weight is 617 g/mol. The SMILES string of the molecule is CCc1ccccc1[C@H]1[C@@H](OCC#Cc2cc(C(F)(F)F)cnc2OC)[C@H](C(C)(C)C)[C@@H](C(=O)O)N1C(=O)[C@@H]1CCCCO1. The van der Waals surface area contributed by atoms with Crippen molar-refractivity contribution in [1.82, 2.24) is 9.88 Å². The van der Waals surface area contributed by atoms with Crippen LogP contribution in [0.15, 0.2) is 36.5 Å². The van der Waals surface area contributed by atoms with E-state index in [0.29, 0.717) is 25.6 Å². The van der Waals surface area contributed by atoms with E-state index in [1.807, 2.05) is 52.0 Å². The first-order chi connectivity index (χ1) is 20.8. The van der Waals surface area contributed by atoms with Crippen LogP contribution in [0, 0.1) is 23.2 Å². The van der Waals surface area contributed by atoms with Crippen molar-refractivity contribution in [1.29, 1.82) is 0 Å². The van der Waals surface area contributed by atoms with Gasteiger partial charge in [0.2, 0.25) is 5.88 Å². The number of hydrogen-bond donors (Lipinski definition) is 1.